The fourth-order valence-corrected chi connectivity index (χ4v) is 4.11. The SMILES string of the molecule is CC(NC(=O)C1CC12CCNCC2)c1cccc(OCc2ccccn2)c1.Cl.Cl. The molecule has 1 aromatic heterocycles. The summed E-state index contributed by atoms with van der Waals surface area (Å²) in [4.78, 5) is 17.0. The molecule has 2 fully saturated rings. The topological polar surface area (TPSA) is 63.2 Å². The number of hydrogen-bond donors (Lipinski definition) is 2. The molecular weight excluding hydrogens is 409 g/mol. The van der Waals surface area contributed by atoms with E-state index in [2.05, 4.69) is 15.6 Å². The van der Waals surface area contributed by atoms with Gasteiger partial charge < -0.3 is 15.4 Å². The summed E-state index contributed by atoms with van der Waals surface area (Å²) in [6, 6.07) is 13.7. The van der Waals surface area contributed by atoms with Crippen molar-refractivity contribution in [1.29, 1.82) is 0 Å². The van der Waals surface area contributed by atoms with Gasteiger partial charge in [0.25, 0.3) is 0 Å². The molecule has 2 aromatic rings. The van der Waals surface area contributed by atoms with Crippen LogP contribution in [0.1, 0.15) is 43.5 Å². The average molecular weight is 438 g/mol. The lowest BCUT2D eigenvalue weighted by atomic mass is 9.91. The number of amides is 1. The molecular formula is C22H29Cl2N3O2. The second-order valence-corrected chi connectivity index (χ2v) is 7.78. The third-order valence-corrected chi connectivity index (χ3v) is 5.94. The summed E-state index contributed by atoms with van der Waals surface area (Å²) >= 11 is 0. The van der Waals surface area contributed by atoms with Gasteiger partial charge in [0.15, 0.2) is 0 Å². The molecule has 2 unspecified atom stereocenters. The first-order valence-electron chi connectivity index (χ1n) is 9.80. The van der Waals surface area contributed by atoms with Crippen LogP contribution < -0.4 is 15.4 Å². The van der Waals surface area contributed by atoms with E-state index in [4.69, 9.17) is 4.74 Å². The van der Waals surface area contributed by atoms with Crippen molar-refractivity contribution in [3.05, 3.63) is 59.9 Å². The third-order valence-electron chi connectivity index (χ3n) is 5.94. The largest absolute Gasteiger partial charge is 0.487 e. The summed E-state index contributed by atoms with van der Waals surface area (Å²) in [6.07, 6.45) is 5.05. The number of pyridine rings is 1. The lowest BCUT2D eigenvalue weighted by molar-refractivity contribution is -0.123. The summed E-state index contributed by atoms with van der Waals surface area (Å²) in [6.45, 7) is 4.54. The zero-order valence-corrected chi connectivity index (χ0v) is 18.2. The molecule has 1 saturated carbocycles. The standard InChI is InChI=1S/C22H27N3O2.2ClH/c1-16(25-21(26)20-14-22(20)8-11-23-12-9-22)17-5-4-7-19(13-17)27-15-18-6-2-3-10-24-18;;/h2-7,10,13,16,20,23H,8-9,11-12,14-15H2,1H3,(H,25,26);2*1H. The summed E-state index contributed by atoms with van der Waals surface area (Å²) in [7, 11) is 0. The number of nitrogens with zero attached hydrogens (tertiary/aromatic N) is 1. The second kappa shape index (κ2) is 10.3. The van der Waals surface area contributed by atoms with E-state index in [1.54, 1.807) is 6.20 Å². The van der Waals surface area contributed by atoms with Crippen LogP contribution in [0.5, 0.6) is 5.75 Å². The molecule has 2 atom stereocenters. The first kappa shape index (κ1) is 23.5. The van der Waals surface area contributed by atoms with Crippen molar-refractivity contribution in [2.75, 3.05) is 13.1 Å². The number of carbonyl (C=O) groups is 1. The van der Waals surface area contributed by atoms with Gasteiger partial charge >= 0.3 is 0 Å². The Morgan fingerprint density at radius 2 is 2.03 bits per heavy atom. The Hall–Kier alpha value is -1.82. The van der Waals surface area contributed by atoms with E-state index in [1.165, 1.54) is 0 Å². The van der Waals surface area contributed by atoms with Gasteiger partial charge in [-0.3, -0.25) is 9.78 Å². The van der Waals surface area contributed by atoms with Crippen molar-refractivity contribution in [2.24, 2.45) is 11.3 Å². The van der Waals surface area contributed by atoms with Crippen molar-refractivity contribution >= 4 is 30.7 Å². The van der Waals surface area contributed by atoms with Gasteiger partial charge in [-0.25, -0.2) is 0 Å². The zero-order valence-electron chi connectivity index (χ0n) is 16.6. The Kier molecular flexibility index (Phi) is 8.32. The number of ether oxygens (including phenoxy) is 1. The third kappa shape index (κ3) is 5.62. The smallest absolute Gasteiger partial charge is 0.224 e. The number of rotatable bonds is 6. The Balaban J connectivity index is 0.00000150. The molecule has 2 aliphatic rings. The highest BCUT2D eigenvalue weighted by Crippen LogP contribution is 2.58. The first-order valence-corrected chi connectivity index (χ1v) is 9.80. The number of piperidine rings is 1. The van der Waals surface area contributed by atoms with Crippen LogP contribution in [0, 0.1) is 11.3 Å². The van der Waals surface area contributed by atoms with Gasteiger partial charge in [0.1, 0.15) is 12.4 Å². The molecule has 1 saturated heterocycles. The minimum Gasteiger partial charge on any atom is -0.487 e. The fourth-order valence-electron chi connectivity index (χ4n) is 4.11. The molecule has 2 heterocycles. The minimum atomic E-state index is -0.0322. The summed E-state index contributed by atoms with van der Waals surface area (Å²) in [5.41, 5.74) is 2.22. The highest BCUT2D eigenvalue weighted by molar-refractivity contribution is 5.85. The van der Waals surface area contributed by atoms with E-state index in [0.717, 1.165) is 49.4 Å². The van der Waals surface area contributed by atoms with Crippen molar-refractivity contribution in [1.82, 2.24) is 15.6 Å². The first-order chi connectivity index (χ1) is 13.2. The molecule has 1 spiro atoms. The van der Waals surface area contributed by atoms with Gasteiger partial charge in [0.2, 0.25) is 5.91 Å². The van der Waals surface area contributed by atoms with E-state index in [9.17, 15) is 4.79 Å². The Labute approximate surface area is 184 Å². The lowest BCUT2D eigenvalue weighted by Crippen LogP contribution is -2.34. The van der Waals surface area contributed by atoms with Crippen molar-refractivity contribution < 1.29 is 9.53 Å². The van der Waals surface area contributed by atoms with E-state index in [0.29, 0.717) is 6.61 Å². The fraction of sp³-hybridized carbons (Fsp3) is 0.455. The normalized spacial score (nSPS) is 20.0. The molecule has 7 heteroatoms. The zero-order chi connectivity index (χ0) is 18.7. The van der Waals surface area contributed by atoms with Gasteiger partial charge in [-0.15, -0.1) is 24.8 Å². The van der Waals surface area contributed by atoms with Crippen LogP contribution in [0.2, 0.25) is 0 Å². The van der Waals surface area contributed by atoms with Crippen LogP contribution >= 0.6 is 24.8 Å². The van der Waals surface area contributed by atoms with Gasteiger partial charge in [0, 0.05) is 12.1 Å². The molecule has 1 aromatic carbocycles. The Morgan fingerprint density at radius 3 is 2.76 bits per heavy atom. The molecule has 5 nitrogen and oxygen atoms in total. The molecule has 0 bridgehead atoms. The number of aromatic nitrogens is 1. The lowest BCUT2D eigenvalue weighted by Gasteiger charge is -2.24. The maximum absolute atomic E-state index is 12.7. The maximum Gasteiger partial charge on any atom is 0.224 e. The van der Waals surface area contributed by atoms with Crippen molar-refractivity contribution in [3.8, 4) is 5.75 Å². The summed E-state index contributed by atoms with van der Waals surface area (Å²) in [5, 5.41) is 6.59. The summed E-state index contributed by atoms with van der Waals surface area (Å²) < 4.78 is 5.86. The number of carbonyl (C=O) groups excluding carboxylic acids is 1. The highest BCUT2D eigenvalue weighted by atomic mass is 35.5. The van der Waals surface area contributed by atoms with Crippen LogP contribution in [-0.2, 0) is 11.4 Å². The highest BCUT2D eigenvalue weighted by Gasteiger charge is 2.57. The summed E-state index contributed by atoms with van der Waals surface area (Å²) in [5.74, 6) is 1.18. The van der Waals surface area contributed by atoms with Crippen LogP contribution in [0.4, 0.5) is 0 Å². The molecule has 1 aliphatic heterocycles. The monoisotopic (exact) mass is 437 g/mol. The average Bonchev–Trinajstić information content (AvgIpc) is 3.41. The number of benzene rings is 1. The minimum absolute atomic E-state index is 0. The van der Waals surface area contributed by atoms with E-state index in [-0.39, 0.29) is 48.1 Å². The molecule has 29 heavy (non-hydrogen) atoms. The van der Waals surface area contributed by atoms with Gasteiger partial charge in [-0.2, -0.15) is 0 Å². The molecule has 1 amide bonds. The molecule has 0 radical (unpaired) electrons. The van der Waals surface area contributed by atoms with Crippen LogP contribution in [0.3, 0.4) is 0 Å². The predicted octanol–water partition coefficient (Wildman–Crippen LogP) is 4.07. The predicted molar refractivity (Wildman–Crippen MR) is 119 cm³/mol. The molecule has 2 N–H and O–H groups in total. The number of hydrogen-bond acceptors (Lipinski definition) is 4. The number of nitrogens with one attached hydrogen (secondary N) is 2. The van der Waals surface area contributed by atoms with Gasteiger partial charge in [-0.1, -0.05) is 18.2 Å². The molecule has 4 rings (SSSR count). The van der Waals surface area contributed by atoms with Crippen molar-refractivity contribution in [2.45, 2.75) is 38.8 Å². The molecule has 1 aliphatic carbocycles. The quantitative estimate of drug-likeness (QED) is 0.714. The molecule has 158 valence electrons. The Morgan fingerprint density at radius 1 is 1.24 bits per heavy atom. The Bertz CT molecular complexity index is 798. The van der Waals surface area contributed by atoms with E-state index >= 15 is 0 Å². The van der Waals surface area contributed by atoms with Crippen molar-refractivity contribution in [3.63, 3.8) is 0 Å². The van der Waals surface area contributed by atoms with Gasteiger partial charge in [0.05, 0.1) is 11.7 Å². The van der Waals surface area contributed by atoms with Crippen LogP contribution in [-0.4, -0.2) is 24.0 Å². The maximum atomic E-state index is 12.7. The van der Waals surface area contributed by atoms with Gasteiger partial charge in [-0.05, 0) is 74.5 Å². The number of halogens is 2. The van der Waals surface area contributed by atoms with Crippen LogP contribution in [0.25, 0.3) is 0 Å². The van der Waals surface area contributed by atoms with E-state index < -0.39 is 0 Å². The second-order valence-electron chi connectivity index (χ2n) is 7.78. The van der Waals surface area contributed by atoms with Crippen LogP contribution in [0.15, 0.2) is 48.7 Å². The van der Waals surface area contributed by atoms with E-state index in [1.807, 2.05) is 49.4 Å².